The van der Waals surface area contributed by atoms with Crippen molar-refractivity contribution in [3.63, 3.8) is 0 Å². The van der Waals surface area contributed by atoms with Gasteiger partial charge in [0.2, 0.25) is 0 Å². The van der Waals surface area contributed by atoms with Crippen molar-refractivity contribution >= 4 is 15.9 Å². The van der Waals surface area contributed by atoms with E-state index in [2.05, 4.69) is 12.5 Å². The van der Waals surface area contributed by atoms with Crippen molar-refractivity contribution in [2.45, 2.75) is 0 Å². The third kappa shape index (κ3) is 16.2. The second-order valence-electron chi connectivity index (χ2n) is 0.553. The van der Waals surface area contributed by atoms with Crippen LogP contribution in [0.25, 0.3) is 0 Å². The van der Waals surface area contributed by atoms with Crippen LogP contribution in [0.5, 0.6) is 0 Å². The molecule has 0 heterocycles. The molecule has 0 unspecified atom stereocenters. The SMILES string of the molecule is [B]OP(=O)([O-])[O-].[K+].[K+]. The summed E-state index contributed by atoms with van der Waals surface area (Å²) in [6.07, 6.45) is 0. The first kappa shape index (κ1) is 17.5. The maximum atomic E-state index is 9.12. The van der Waals surface area contributed by atoms with E-state index in [1.54, 1.807) is 0 Å². The van der Waals surface area contributed by atoms with Gasteiger partial charge in [0.1, 0.15) is 0 Å². The molecule has 0 saturated heterocycles. The first-order valence-electron chi connectivity index (χ1n) is 0.966. The standard InChI is InChI=1S/BH2O4P.2K/c1-5-6(2,3)4;;/h(H2,2,3,4);;/q;2*+1/p-2. The third-order valence-electron chi connectivity index (χ3n) is 0.129. The van der Waals surface area contributed by atoms with Crippen LogP contribution < -0.4 is 113 Å². The van der Waals surface area contributed by atoms with Crippen molar-refractivity contribution < 1.29 is 122 Å². The summed E-state index contributed by atoms with van der Waals surface area (Å²) in [6, 6.07) is 0. The van der Waals surface area contributed by atoms with Gasteiger partial charge in [0.15, 0.2) is 0 Å². The average Bonchev–Trinajstić information content (AvgIpc) is 1.35. The van der Waals surface area contributed by atoms with Crippen LogP contribution in [0.15, 0.2) is 0 Å². The zero-order valence-electron chi connectivity index (χ0n) is 4.66. The molecule has 0 rings (SSSR count). The minimum absolute atomic E-state index is 0. The van der Waals surface area contributed by atoms with E-state index in [1.807, 2.05) is 0 Å². The molecule has 0 aliphatic rings. The maximum absolute atomic E-state index is 9.12. The quantitative estimate of drug-likeness (QED) is 0.299. The van der Waals surface area contributed by atoms with Crippen LogP contribution >= 0.6 is 7.82 Å². The van der Waals surface area contributed by atoms with Gasteiger partial charge >= 0.3 is 103 Å². The van der Waals surface area contributed by atoms with E-state index in [-0.39, 0.29) is 103 Å². The van der Waals surface area contributed by atoms with E-state index in [4.69, 9.17) is 14.4 Å². The summed E-state index contributed by atoms with van der Waals surface area (Å²) >= 11 is 0. The summed E-state index contributed by atoms with van der Waals surface area (Å²) in [5.74, 6) is 0. The Morgan fingerprint density at radius 1 is 1.38 bits per heavy atom. The molecule has 0 saturated carbocycles. The zero-order valence-corrected chi connectivity index (χ0v) is 11.8. The molecule has 0 aromatic carbocycles. The van der Waals surface area contributed by atoms with Crippen molar-refractivity contribution in [3.8, 4) is 0 Å². The monoisotopic (exact) mass is 184 g/mol. The Balaban J connectivity index is -0.000000125. The number of phosphoric acid groups is 1. The molecule has 0 bridgehead atoms. The molecule has 0 aromatic heterocycles. The Morgan fingerprint density at radius 3 is 1.50 bits per heavy atom. The fraction of sp³-hybridized carbons (Fsp3) is 0. The molecular formula is BK2O4P. The smallest absolute Gasteiger partial charge is 0.791 e. The largest absolute Gasteiger partial charge is 1.00 e. The van der Waals surface area contributed by atoms with Gasteiger partial charge in [-0.05, 0) is 0 Å². The van der Waals surface area contributed by atoms with Crippen LogP contribution in [-0.2, 0) is 9.01 Å². The predicted molar refractivity (Wildman–Crippen MR) is 14.4 cm³/mol. The third-order valence-corrected chi connectivity index (χ3v) is 0.387. The summed E-state index contributed by atoms with van der Waals surface area (Å²) in [7, 11) is -0.951. The van der Waals surface area contributed by atoms with Gasteiger partial charge in [-0.25, -0.2) is 0 Å². The van der Waals surface area contributed by atoms with Crippen LogP contribution in [-0.4, -0.2) is 8.05 Å². The second-order valence-corrected chi connectivity index (χ2v) is 1.66. The second kappa shape index (κ2) is 8.54. The Bertz CT molecular complexity index is 78.1. The van der Waals surface area contributed by atoms with E-state index in [0.29, 0.717) is 0 Å². The number of hydrogen-bond donors (Lipinski definition) is 0. The summed E-state index contributed by atoms with van der Waals surface area (Å²) in [4.78, 5) is 18.2. The van der Waals surface area contributed by atoms with Gasteiger partial charge in [0.25, 0.3) is 8.05 Å². The van der Waals surface area contributed by atoms with Crippen molar-refractivity contribution in [2.75, 3.05) is 0 Å². The molecule has 8 heteroatoms. The Labute approximate surface area is 134 Å². The Kier molecular flexibility index (Phi) is 18.7. The van der Waals surface area contributed by atoms with Gasteiger partial charge in [-0.3, -0.25) is 0 Å². The molecular weight excluding hydrogens is 184 g/mol. The molecule has 34 valence electrons. The fourth-order valence-electron chi connectivity index (χ4n) is 0. The molecule has 8 heavy (non-hydrogen) atoms. The van der Waals surface area contributed by atoms with Crippen LogP contribution in [0.3, 0.4) is 0 Å². The predicted octanol–water partition coefficient (Wildman–Crippen LogP) is -8.08. The zero-order chi connectivity index (χ0) is 5.21. The van der Waals surface area contributed by atoms with Gasteiger partial charge in [0.05, 0.1) is 0 Å². The van der Waals surface area contributed by atoms with Crippen molar-refractivity contribution in [1.29, 1.82) is 0 Å². The summed E-state index contributed by atoms with van der Waals surface area (Å²) in [5, 5.41) is 0. The van der Waals surface area contributed by atoms with Crippen LogP contribution in [0.4, 0.5) is 0 Å². The summed E-state index contributed by atoms with van der Waals surface area (Å²) in [6.45, 7) is 0. The molecule has 0 aromatic rings. The molecule has 0 N–H and O–H groups in total. The first-order valence-corrected chi connectivity index (χ1v) is 2.43. The van der Waals surface area contributed by atoms with Gasteiger partial charge in [-0.15, -0.1) is 0 Å². The molecule has 2 radical (unpaired) electrons. The van der Waals surface area contributed by atoms with E-state index < -0.39 is 7.82 Å². The van der Waals surface area contributed by atoms with Crippen LogP contribution in [0.1, 0.15) is 0 Å². The number of hydrogen-bond acceptors (Lipinski definition) is 4. The van der Waals surface area contributed by atoms with E-state index in [9.17, 15) is 0 Å². The summed E-state index contributed by atoms with van der Waals surface area (Å²) < 4.78 is 12.0. The normalized spacial score (nSPS) is 8.75. The number of rotatable bonds is 1. The molecule has 0 aliphatic heterocycles. The van der Waals surface area contributed by atoms with Crippen LogP contribution in [0, 0.1) is 0 Å². The Morgan fingerprint density at radius 2 is 1.50 bits per heavy atom. The van der Waals surface area contributed by atoms with Crippen molar-refractivity contribution in [1.82, 2.24) is 0 Å². The molecule has 0 spiro atoms. The minimum atomic E-state index is -4.87. The van der Waals surface area contributed by atoms with Gasteiger partial charge in [-0.1, -0.05) is 0 Å². The Hall–Kier alpha value is 3.45. The summed E-state index contributed by atoms with van der Waals surface area (Å²) in [5.41, 5.74) is 0. The van der Waals surface area contributed by atoms with E-state index in [1.165, 1.54) is 0 Å². The molecule has 0 fully saturated rings. The van der Waals surface area contributed by atoms with Crippen LogP contribution in [0.2, 0.25) is 0 Å². The van der Waals surface area contributed by atoms with E-state index >= 15 is 0 Å². The maximum Gasteiger partial charge on any atom is 1.00 e. The van der Waals surface area contributed by atoms with Gasteiger partial charge in [0, 0.05) is 7.82 Å². The van der Waals surface area contributed by atoms with Gasteiger partial charge in [-0.2, -0.15) is 0 Å². The fourth-order valence-corrected chi connectivity index (χ4v) is 0. The molecule has 0 atom stereocenters. The van der Waals surface area contributed by atoms with E-state index in [0.717, 1.165) is 0 Å². The average molecular weight is 184 g/mol. The topological polar surface area (TPSA) is 72.4 Å². The molecule has 0 amide bonds. The van der Waals surface area contributed by atoms with Gasteiger partial charge < -0.3 is 18.8 Å². The first-order chi connectivity index (χ1) is 2.56. The van der Waals surface area contributed by atoms with Crippen molar-refractivity contribution in [2.24, 2.45) is 0 Å². The molecule has 4 nitrogen and oxygen atoms in total. The minimum Gasteiger partial charge on any atom is -0.791 e. The van der Waals surface area contributed by atoms with Crippen molar-refractivity contribution in [3.05, 3.63) is 0 Å². The molecule has 0 aliphatic carbocycles.